The first-order chi connectivity index (χ1) is 15.0. The van der Waals surface area contributed by atoms with E-state index in [0.717, 1.165) is 15.8 Å². The third-order valence-corrected chi connectivity index (χ3v) is 5.80. The van der Waals surface area contributed by atoms with E-state index in [0.29, 0.717) is 22.3 Å². The SMILES string of the molecule is O=C(/C=C/c1cccc([N+](=O)[O-])c1)N(Cc1ccccc1)c1nc2ccc(Cl)cc2s1. The van der Waals surface area contributed by atoms with Crippen LogP contribution < -0.4 is 4.90 Å². The van der Waals surface area contributed by atoms with Gasteiger partial charge in [-0.15, -0.1) is 0 Å². The number of nitro benzene ring substituents is 1. The molecule has 0 saturated heterocycles. The molecule has 0 aliphatic rings. The quantitative estimate of drug-likeness (QED) is 0.202. The van der Waals surface area contributed by atoms with E-state index in [4.69, 9.17) is 11.6 Å². The summed E-state index contributed by atoms with van der Waals surface area (Å²) in [7, 11) is 0. The lowest BCUT2D eigenvalue weighted by atomic mass is 10.2. The molecule has 0 fully saturated rings. The molecule has 0 atom stereocenters. The average Bonchev–Trinajstić information content (AvgIpc) is 3.19. The van der Waals surface area contributed by atoms with Crippen LogP contribution in [-0.2, 0) is 11.3 Å². The second-order valence-corrected chi connectivity index (χ2v) is 8.15. The van der Waals surface area contributed by atoms with Crippen LogP contribution in [0.25, 0.3) is 16.3 Å². The predicted octanol–water partition coefficient (Wildman–Crippen LogP) is 6.10. The highest BCUT2D eigenvalue weighted by Crippen LogP contribution is 2.32. The number of nitro groups is 1. The van der Waals surface area contributed by atoms with Crippen LogP contribution in [0.15, 0.2) is 78.9 Å². The highest BCUT2D eigenvalue weighted by molar-refractivity contribution is 7.22. The summed E-state index contributed by atoms with van der Waals surface area (Å²) in [5.41, 5.74) is 2.26. The summed E-state index contributed by atoms with van der Waals surface area (Å²) < 4.78 is 0.885. The van der Waals surface area contributed by atoms with Crippen LogP contribution in [0.5, 0.6) is 0 Å². The number of thiazole rings is 1. The molecule has 154 valence electrons. The average molecular weight is 450 g/mol. The largest absolute Gasteiger partial charge is 0.280 e. The number of hydrogen-bond acceptors (Lipinski definition) is 5. The molecule has 1 heterocycles. The second-order valence-electron chi connectivity index (χ2n) is 6.70. The molecule has 1 aromatic heterocycles. The van der Waals surface area contributed by atoms with Gasteiger partial charge in [-0.05, 0) is 35.4 Å². The molecule has 0 unspecified atom stereocenters. The molecule has 0 aliphatic heterocycles. The number of rotatable bonds is 6. The Bertz CT molecular complexity index is 1290. The number of nitrogens with zero attached hydrogens (tertiary/aromatic N) is 3. The number of fused-ring (bicyclic) bond motifs is 1. The van der Waals surface area contributed by atoms with Gasteiger partial charge in [-0.3, -0.25) is 19.8 Å². The van der Waals surface area contributed by atoms with Gasteiger partial charge in [0.1, 0.15) is 0 Å². The van der Waals surface area contributed by atoms with Crippen LogP contribution in [0, 0.1) is 10.1 Å². The van der Waals surface area contributed by atoms with E-state index in [1.54, 1.807) is 29.2 Å². The number of non-ortho nitro benzene ring substituents is 1. The Labute approximate surface area is 187 Å². The molecule has 3 aromatic carbocycles. The van der Waals surface area contributed by atoms with Gasteiger partial charge in [0, 0.05) is 23.2 Å². The minimum Gasteiger partial charge on any atom is -0.280 e. The van der Waals surface area contributed by atoms with Crippen molar-refractivity contribution in [3.8, 4) is 0 Å². The van der Waals surface area contributed by atoms with E-state index in [2.05, 4.69) is 4.98 Å². The lowest BCUT2D eigenvalue weighted by molar-refractivity contribution is -0.384. The highest BCUT2D eigenvalue weighted by atomic mass is 35.5. The predicted molar refractivity (Wildman–Crippen MR) is 124 cm³/mol. The van der Waals surface area contributed by atoms with E-state index in [9.17, 15) is 14.9 Å². The fraction of sp³-hybridized carbons (Fsp3) is 0.0435. The number of carbonyl (C=O) groups is 1. The van der Waals surface area contributed by atoms with Crippen molar-refractivity contribution in [2.24, 2.45) is 0 Å². The van der Waals surface area contributed by atoms with Crippen molar-refractivity contribution in [3.63, 3.8) is 0 Å². The molecule has 4 aromatic rings. The van der Waals surface area contributed by atoms with Gasteiger partial charge in [0.2, 0.25) is 0 Å². The maximum atomic E-state index is 13.1. The smallest absolute Gasteiger partial charge is 0.270 e. The van der Waals surface area contributed by atoms with E-state index < -0.39 is 4.92 Å². The number of hydrogen-bond donors (Lipinski definition) is 0. The molecule has 1 amide bonds. The topological polar surface area (TPSA) is 76.3 Å². The lowest BCUT2D eigenvalue weighted by Gasteiger charge is -2.18. The highest BCUT2D eigenvalue weighted by Gasteiger charge is 2.18. The number of benzene rings is 3. The third-order valence-electron chi connectivity index (χ3n) is 4.52. The van der Waals surface area contributed by atoms with Gasteiger partial charge < -0.3 is 0 Å². The molecule has 4 rings (SSSR count). The molecule has 31 heavy (non-hydrogen) atoms. The Balaban J connectivity index is 1.66. The molecule has 0 spiro atoms. The Morgan fingerprint density at radius 2 is 1.90 bits per heavy atom. The van der Waals surface area contributed by atoms with E-state index in [-0.39, 0.29) is 11.6 Å². The standard InChI is InChI=1S/C23H16ClN3O3S/c24-18-10-11-20-21(14-18)31-23(25-20)26(15-17-5-2-1-3-6-17)22(28)12-9-16-7-4-8-19(13-16)27(29)30/h1-14H,15H2/b12-9+. The molecule has 0 N–H and O–H groups in total. The number of anilines is 1. The first-order valence-electron chi connectivity index (χ1n) is 9.34. The number of amides is 1. The van der Waals surface area contributed by atoms with Crippen molar-refractivity contribution in [2.75, 3.05) is 4.90 Å². The zero-order valence-corrected chi connectivity index (χ0v) is 17.7. The number of carbonyl (C=O) groups excluding carboxylic acids is 1. The maximum absolute atomic E-state index is 13.1. The Morgan fingerprint density at radius 3 is 2.68 bits per heavy atom. The van der Waals surface area contributed by atoms with E-state index in [1.165, 1.54) is 29.5 Å². The van der Waals surface area contributed by atoms with E-state index >= 15 is 0 Å². The van der Waals surface area contributed by atoms with Crippen LogP contribution in [0.2, 0.25) is 5.02 Å². The van der Waals surface area contributed by atoms with Crippen molar-refractivity contribution in [1.82, 2.24) is 4.98 Å². The summed E-state index contributed by atoms with van der Waals surface area (Å²) in [6, 6.07) is 21.1. The zero-order valence-electron chi connectivity index (χ0n) is 16.1. The van der Waals surface area contributed by atoms with Crippen LogP contribution in [0.1, 0.15) is 11.1 Å². The summed E-state index contributed by atoms with van der Waals surface area (Å²) in [5, 5.41) is 12.1. The first kappa shape index (κ1) is 20.7. The van der Waals surface area contributed by atoms with Crippen molar-refractivity contribution < 1.29 is 9.72 Å². The molecule has 0 radical (unpaired) electrons. The van der Waals surface area contributed by atoms with Gasteiger partial charge in [0.25, 0.3) is 11.6 Å². The summed E-state index contributed by atoms with van der Waals surface area (Å²) in [6.45, 7) is 0.340. The maximum Gasteiger partial charge on any atom is 0.270 e. The zero-order chi connectivity index (χ0) is 21.8. The summed E-state index contributed by atoms with van der Waals surface area (Å²) in [5.74, 6) is -0.277. The summed E-state index contributed by atoms with van der Waals surface area (Å²) in [6.07, 6.45) is 2.97. The lowest BCUT2D eigenvalue weighted by Crippen LogP contribution is -2.28. The minimum absolute atomic E-state index is 0.0289. The molecule has 0 saturated carbocycles. The number of halogens is 1. The molecular weight excluding hydrogens is 434 g/mol. The van der Waals surface area contributed by atoms with Crippen LogP contribution >= 0.6 is 22.9 Å². The third kappa shape index (κ3) is 4.96. The van der Waals surface area contributed by atoms with Crippen LogP contribution in [-0.4, -0.2) is 15.8 Å². The molecule has 0 aliphatic carbocycles. The van der Waals surface area contributed by atoms with Crippen molar-refractivity contribution >= 4 is 56.0 Å². The van der Waals surface area contributed by atoms with Gasteiger partial charge >= 0.3 is 0 Å². The molecular formula is C23H16ClN3O3S. The summed E-state index contributed by atoms with van der Waals surface area (Å²) in [4.78, 5) is 29.8. The second kappa shape index (κ2) is 9.07. The van der Waals surface area contributed by atoms with Gasteiger partial charge in [-0.2, -0.15) is 0 Å². The fourth-order valence-electron chi connectivity index (χ4n) is 3.01. The monoisotopic (exact) mass is 449 g/mol. The Hall–Kier alpha value is -3.55. The van der Waals surface area contributed by atoms with Gasteiger partial charge in [-0.25, -0.2) is 4.98 Å². The Kier molecular flexibility index (Phi) is 6.06. The van der Waals surface area contributed by atoms with Gasteiger partial charge in [0.05, 0.1) is 21.7 Å². The van der Waals surface area contributed by atoms with Gasteiger partial charge in [-0.1, -0.05) is 65.4 Å². The molecule has 6 nitrogen and oxygen atoms in total. The summed E-state index contributed by atoms with van der Waals surface area (Å²) >= 11 is 7.47. The van der Waals surface area contributed by atoms with Gasteiger partial charge in [0.15, 0.2) is 5.13 Å². The number of aromatic nitrogens is 1. The van der Waals surface area contributed by atoms with E-state index in [1.807, 2.05) is 42.5 Å². The van der Waals surface area contributed by atoms with Crippen molar-refractivity contribution in [3.05, 3.63) is 105 Å². The normalized spacial score (nSPS) is 11.1. The first-order valence-corrected chi connectivity index (χ1v) is 10.5. The van der Waals surface area contributed by atoms with Crippen LogP contribution in [0.3, 0.4) is 0 Å². The fourth-order valence-corrected chi connectivity index (χ4v) is 4.25. The Morgan fingerprint density at radius 1 is 1.10 bits per heavy atom. The van der Waals surface area contributed by atoms with Crippen LogP contribution in [0.4, 0.5) is 10.8 Å². The minimum atomic E-state index is -0.465. The van der Waals surface area contributed by atoms with Crippen molar-refractivity contribution in [1.29, 1.82) is 0 Å². The molecule has 0 bridgehead atoms. The van der Waals surface area contributed by atoms with Crippen molar-refractivity contribution in [2.45, 2.75) is 6.54 Å². The molecule has 8 heteroatoms.